The van der Waals surface area contributed by atoms with E-state index in [0.29, 0.717) is 29.2 Å². The summed E-state index contributed by atoms with van der Waals surface area (Å²) in [6, 6.07) is 11.4. The summed E-state index contributed by atoms with van der Waals surface area (Å²) in [5.74, 6) is -0.00911. The predicted molar refractivity (Wildman–Crippen MR) is 88.9 cm³/mol. The summed E-state index contributed by atoms with van der Waals surface area (Å²) in [5, 5.41) is 5.23. The summed E-state index contributed by atoms with van der Waals surface area (Å²) >= 11 is 0. The van der Waals surface area contributed by atoms with Crippen LogP contribution >= 0.6 is 0 Å². The van der Waals surface area contributed by atoms with Gasteiger partial charge in [0.25, 0.3) is 0 Å². The molecule has 2 N–H and O–H groups in total. The van der Waals surface area contributed by atoms with E-state index < -0.39 is 11.8 Å². The van der Waals surface area contributed by atoms with Crippen molar-refractivity contribution in [1.29, 1.82) is 0 Å². The van der Waals surface area contributed by atoms with Gasteiger partial charge < -0.3 is 20.1 Å². The molecule has 25 heavy (non-hydrogen) atoms. The number of carbonyl (C=O) groups excluding carboxylic acids is 2. The molecule has 0 aliphatic carbocycles. The molecule has 2 aromatic rings. The van der Waals surface area contributed by atoms with E-state index in [1.807, 2.05) is 0 Å². The van der Waals surface area contributed by atoms with Gasteiger partial charge in [0.05, 0.1) is 0 Å². The maximum Gasteiger partial charge on any atom is 0.233 e. The second kappa shape index (κ2) is 7.65. The summed E-state index contributed by atoms with van der Waals surface area (Å²) in [4.78, 5) is 23.7. The number of rotatable bonds is 6. The van der Waals surface area contributed by atoms with Crippen LogP contribution < -0.4 is 20.1 Å². The Balaban J connectivity index is 1.43. The van der Waals surface area contributed by atoms with Gasteiger partial charge in [-0.2, -0.15) is 0 Å². The van der Waals surface area contributed by atoms with E-state index in [2.05, 4.69) is 10.6 Å². The fraction of sp³-hybridized carbons (Fsp3) is 0.222. The van der Waals surface area contributed by atoms with Crippen molar-refractivity contribution >= 4 is 17.5 Å². The molecule has 0 fully saturated rings. The number of amides is 2. The van der Waals surface area contributed by atoms with E-state index in [-0.39, 0.29) is 25.6 Å². The molecular formula is C18H17FN2O4. The average molecular weight is 344 g/mol. The topological polar surface area (TPSA) is 76.7 Å². The number of ether oxygens (including phenoxy) is 2. The van der Waals surface area contributed by atoms with Crippen LogP contribution in [0.3, 0.4) is 0 Å². The molecule has 0 radical (unpaired) electrons. The van der Waals surface area contributed by atoms with Crippen LogP contribution in [0.15, 0.2) is 42.5 Å². The fourth-order valence-electron chi connectivity index (χ4n) is 2.43. The summed E-state index contributed by atoms with van der Waals surface area (Å²) in [5.41, 5.74) is 1.04. The number of anilines is 1. The molecule has 0 saturated carbocycles. The Labute approximate surface area is 143 Å². The summed E-state index contributed by atoms with van der Waals surface area (Å²) < 4.78 is 23.9. The quantitative estimate of drug-likeness (QED) is 0.788. The van der Waals surface area contributed by atoms with Crippen molar-refractivity contribution in [3.05, 3.63) is 53.8 Å². The van der Waals surface area contributed by atoms with Crippen LogP contribution in [0.4, 0.5) is 10.1 Å². The highest BCUT2D eigenvalue weighted by atomic mass is 19.1. The first-order valence-electron chi connectivity index (χ1n) is 7.81. The van der Waals surface area contributed by atoms with Gasteiger partial charge in [-0.05, 0) is 30.2 Å². The molecule has 1 aliphatic rings. The lowest BCUT2D eigenvalue weighted by Gasteiger charge is -2.08. The lowest BCUT2D eigenvalue weighted by Crippen LogP contribution is -2.29. The maximum absolute atomic E-state index is 13.5. The van der Waals surface area contributed by atoms with Gasteiger partial charge in [-0.15, -0.1) is 0 Å². The number of hydrogen-bond donors (Lipinski definition) is 2. The Kier molecular flexibility index (Phi) is 5.13. The number of benzene rings is 2. The molecule has 1 aliphatic heterocycles. The Hall–Kier alpha value is -3.09. The molecule has 7 heteroatoms. The molecule has 0 atom stereocenters. The molecule has 3 rings (SSSR count). The van der Waals surface area contributed by atoms with Crippen LogP contribution in [0.5, 0.6) is 11.5 Å². The zero-order chi connectivity index (χ0) is 17.6. The molecule has 0 spiro atoms. The van der Waals surface area contributed by atoms with Crippen molar-refractivity contribution in [3.8, 4) is 11.5 Å². The highest BCUT2D eigenvalue weighted by Gasteiger charge is 2.15. The zero-order valence-corrected chi connectivity index (χ0v) is 13.4. The monoisotopic (exact) mass is 344 g/mol. The minimum atomic E-state index is -0.442. The van der Waals surface area contributed by atoms with Crippen LogP contribution in [0.2, 0.25) is 0 Å². The van der Waals surface area contributed by atoms with E-state index in [0.717, 1.165) is 0 Å². The third-order valence-electron chi connectivity index (χ3n) is 3.65. The van der Waals surface area contributed by atoms with Crippen molar-refractivity contribution in [3.63, 3.8) is 0 Å². The standard InChI is InChI=1S/C18H17FN2O4/c19-14-4-2-1-3-12(14)7-8-20-17(22)10-18(23)21-13-5-6-15-16(9-13)25-11-24-15/h1-6,9H,7-8,10-11H2,(H,20,22)(H,21,23). The summed E-state index contributed by atoms with van der Waals surface area (Å²) in [6.45, 7) is 0.411. The fourth-order valence-corrected chi connectivity index (χ4v) is 2.43. The number of fused-ring (bicyclic) bond motifs is 1. The van der Waals surface area contributed by atoms with Crippen molar-refractivity contribution in [1.82, 2.24) is 5.32 Å². The summed E-state index contributed by atoms with van der Waals surface area (Å²) in [7, 11) is 0. The van der Waals surface area contributed by atoms with Crippen molar-refractivity contribution in [2.24, 2.45) is 0 Å². The van der Waals surface area contributed by atoms with Gasteiger partial charge in [0.2, 0.25) is 18.6 Å². The van der Waals surface area contributed by atoms with Crippen molar-refractivity contribution < 1.29 is 23.5 Å². The van der Waals surface area contributed by atoms with E-state index in [1.54, 1.807) is 36.4 Å². The smallest absolute Gasteiger partial charge is 0.233 e. The van der Waals surface area contributed by atoms with Crippen LogP contribution in [-0.4, -0.2) is 25.2 Å². The molecule has 2 aromatic carbocycles. The number of nitrogens with one attached hydrogen (secondary N) is 2. The van der Waals surface area contributed by atoms with Gasteiger partial charge >= 0.3 is 0 Å². The van der Waals surface area contributed by atoms with Gasteiger partial charge in [-0.25, -0.2) is 4.39 Å². The molecule has 0 unspecified atom stereocenters. The summed E-state index contributed by atoms with van der Waals surface area (Å²) in [6.07, 6.45) is 0.0495. The van der Waals surface area contributed by atoms with Crippen LogP contribution in [0.1, 0.15) is 12.0 Å². The van der Waals surface area contributed by atoms with Gasteiger partial charge in [0.1, 0.15) is 12.2 Å². The first kappa shape index (κ1) is 16.8. The molecule has 130 valence electrons. The highest BCUT2D eigenvalue weighted by Crippen LogP contribution is 2.34. The van der Waals surface area contributed by atoms with Crippen LogP contribution in [0, 0.1) is 5.82 Å². The molecule has 1 heterocycles. The predicted octanol–water partition coefficient (Wildman–Crippen LogP) is 2.24. The third kappa shape index (κ3) is 4.47. The average Bonchev–Trinajstić information content (AvgIpc) is 3.04. The SMILES string of the molecule is O=C(CC(=O)Nc1ccc2c(c1)OCO2)NCCc1ccccc1F. The Morgan fingerprint density at radius 1 is 1.04 bits per heavy atom. The number of hydrogen-bond acceptors (Lipinski definition) is 4. The highest BCUT2D eigenvalue weighted by molar-refractivity contribution is 6.03. The van der Waals surface area contributed by atoms with E-state index >= 15 is 0 Å². The molecule has 0 saturated heterocycles. The van der Waals surface area contributed by atoms with Gasteiger partial charge in [-0.3, -0.25) is 9.59 Å². The maximum atomic E-state index is 13.5. The molecule has 6 nitrogen and oxygen atoms in total. The normalized spacial score (nSPS) is 11.9. The first-order chi connectivity index (χ1) is 12.1. The molecule has 0 bridgehead atoms. The Morgan fingerprint density at radius 2 is 1.84 bits per heavy atom. The van der Waals surface area contributed by atoms with Crippen LogP contribution in [0.25, 0.3) is 0 Å². The molecule has 0 aromatic heterocycles. The second-order valence-electron chi connectivity index (χ2n) is 5.48. The van der Waals surface area contributed by atoms with Crippen LogP contribution in [-0.2, 0) is 16.0 Å². The lowest BCUT2D eigenvalue weighted by molar-refractivity contribution is -0.126. The van der Waals surface area contributed by atoms with E-state index in [1.165, 1.54) is 6.07 Å². The molecule has 2 amide bonds. The largest absolute Gasteiger partial charge is 0.454 e. The second-order valence-corrected chi connectivity index (χ2v) is 5.48. The van der Waals surface area contributed by atoms with Crippen molar-refractivity contribution in [2.45, 2.75) is 12.8 Å². The Bertz CT molecular complexity index is 794. The van der Waals surface area contributed by atoms with E-state index in [4.69, 9.17) is 9.47 Å². The number of carbonyl (C=O) groups is 2. The third-order valence-corrected chi connectivity index (χ3v) is 3.65. The van der Waals surface area contributed by atoms with Gasteiger partial charge in [0.15, 0.2) is 11.5 Å². The van der Waals surface area contributed by atoms with E-state index in [9.17, 15) is 14.0 Å². The Morgan fingerprint density at radius 3 is 2.68 bits per heavy atom. The minimum Gasteiger partial charge on any atom is -0.454 e. The minimum absolute atomic E-state index is 0.150. The van der Waals surface area contributed by atoms with Crippen molar-refractivity contribution in [2.75, 3.05) is 18.7 Å². The number of halogens is 1. The zero-order valence-electron chi connectivity index (χ0n) is 13.4. The van der Waals surface area contributed by atoms with Gasteiger partial charge in [-0.1, -0.05) is 18.2 Å². The first-order valence-corrected chi connectivity index (χ1v) is 7.81. The molecular weight excluding hydrogens is 327 g/mol. The lowest BCUT2D eigenvalue weighted by atomic mass is 10.1. The van der Waals surface area contributed by atoms with Gasteiger partial charge in [0, 0.05) is 18.3 Å².